The van der Waals surface area contributed by atoms with Crippen molar-refractivity contribution in [1.29, 1.82) is 0 Å². The van der Waals surface area contributed by atoms with Crippen molar-refractivity contribution in [1.82, 2.24) is 10.2 Å². The summed E-state index contributed by atoms with van der Waals surface area (Å²) in [5.41, 5.74) is 2.10. The van der Waals surface area contributed by atoms with Gasteiger partial charge in [0.1, 0.15) is 17.6 Å². The lowest BCUT2D eigenvalue weighted by Gasteiger charge is -2.25. The predicted molar refractivity (Wildman–Crippen MR) is 142 cm³/mol. The van der Waals surface area contributed by atoms with Crippen LogP contribution in [-0.4, -0.2) is 59.1 Å². The Morgan fingerprint density at radius 2 is 1.89 bits per heavy atom. The summed E-state index contributed by atoms with van der Waals surface area (Å²) in [5.74, 6) is 0.735. The third-order valence-electron chi connectivity index (χ3n) is 5.75. The van der Waals surface area contributed by atoms with Crippen molar-refractivity contribution >= 4 is 51.9 Å². The molecule has 2 N–H and O–H groups in total. The lowest BCUT2D eigenvalue weighted by Crippen LogP contribution is -2.41. The number of amidine groups is 2. The maximum Gasteiger partial charge on any atom is 0.259 e. The normalized spacial score (nSPS) is 16.0. The van der Waals surface area contributed by atoms with Crippen molar-refractivity contribution in [3.63, 3.8) is 0 Å². The van der Waals surface area contributed by atoms with Crippen molar-refractivity contribution in [2.45, 2.75) is 38.6 Å². The molecule has 0 bridgehead atoms. The van der Waals surface area contributed by atoms with E-state index >= 15 is 0 Å². The number of aliphatic imine (C=N–C) groups is 2. The highest BCUT2D eigenvalue weighted by Crippen LogP contribution is 2.34. The first kappa shape index (κ1) is 25.4. The fourth-order valence-corrected chi connectivity index (χ4v) is 4.65. The number of ether oxygens (including phenoxy) is 1. The Kier molecular flexibility index (Phi) is 8.37. The smallest absolute Gasteiger partial charge is 0.259 e. The van der Waals surface area contributed by atoms with Gasteiger partial charge < -0.3 is 15.4 Å². The van der Waals surface area contributed by atoms with Crippen LogP contribution in [0, 0.1) is 0 Å². The van der Waals surface area contributed by atoms with Crippen molar-refractivity contribution in [2.75, 3.05) is 24.7 Å². The molecule has 0 radical (unpaired) electrons. The number of thioether (sulfide) groups is 1. The Bertz CT molecular complexity index is 1200. The van der Waals surface area contributed by atoms with Gasteiger partial charge >= 0.3 is 0 Å². The lowest BCUT2D eigenvalue weighted by molar-refractivity contribution is -0.125. The van der Waals surface area contributed by atoms with E-state index in [2.05, 4.69) is 27.5 Å². The highest BCUT2D eigenvalue weighted by Gasteiger charge is 2.41. The lowest BCUT2D eigenvalue weighted by atomic mass is 10.1. The number of amides is 3. The second kappa shape index (κ2) is 11.9. The number of hydrogen-bond donors (Lipinski definition) is 2. The van der Waals surface area contributed by atoms with E-state index in [9.17, 15) is 14.4 Å². The molecule has 2 aliphatic rings. The van der Waals surface area contributed by atoms with Crippen molar-refractivity contribution < 1.29 is 19.1 Å². The molecule has 2 aromatic carbocycles. The molecule has 9 nitrogen and oxygen atoms in total. The molecule has 2 heterocycles. The monoisotopic (exact) mass is 507 g/mol. The zero-order valence-corrected chi connectivity index (χ0v) is 21.1. The average Bonchev–Trinajstić information content (AvgIpc) is 3.23. The van der Waals surface area contributed by atoms with Crippen molar-refractivity contribution in [2.24, 2.45) is 9.98 Å². The van der Waals surface area contributed by atoms with E-state index in [0.29, 0.717) is 41.1 Å². The molecule has 36 heavy (non-hydrogen) atoms. The van der Waals surface area contributed by atoms with Crippen LogP contribution < -0.4 is 15.4 Å². The Hall–Kier alpha value is -3.66. The molecular formula is C26H29N5O4S. The van der Waals surface area contributed by atoms with Crippen LogP contribution in [0.2, 0.25) is 0 Å². The van der Waals surface area contributed by atoms with Crippen LogP contribution in [0.5, 0.6) is 5.75 Å². The molecule has 188 valence electrons. The van der Waals surface area contributed by atoms with E-state index in [1.807, 2.05) is 24.3 Å². The number of nitrogens with zero attached hydrogens (tertiary/aromatic N) is 3. The summed E-state index contributed by atoms with van der Waals surface area (Å²) in [6.07, 6.45) is 2.45. The van der Waals surface area contributed by atoms with Crippen LogP contribution in [0.4, 0.5) is 11.4 Å². The predicted octanol–water partition coefficient (Wildman–Crippen LogP) is 3.72. The Labute approximate surface area is 214 Å². The second-order valence-electron chi connectivity index (χ2n) is 8.36. The summed E-state index contributed by atoms with van der Waals surface area (Å²) < 4.78 is 5.14. The van der Waals surface area contributed by atoms with E-state index in [1.54, 1.807) is 31.4 Å². The van der Waals surface area contributed by atoms with Gasteiger partial charge in [-0.1, -0.05) is 37.2 Å². The molecule has 4 rings (SSSR count). The molecule has 0 aliphatic carbocycles. The molecule has 0 spiro atoms. The summed E-state index contributed by atoms with van der Waals surface area (Å²) in [7, 11) is 1.58. The largest absolute Gasteiger partial charge is 0.497 e. The van der Waals surface area contributed by atoms with Gasteiger partial charge in [-0.05, 0) is 49.2 Å². The maximum atomic E-state index is 13.3. The number of para-hydroxylation sites is 1. The number of hydrogen-bond acceptors (Lipinski definition) is 7. The van der Waals surface area contributed by atoms with Crippen LogP contribution in [-0.2, 0) is 14.4 Å². The quantitative estimate of drug-likeness (QED) is 0.476. The molecule has 0 saturated heterocycles. The topological polar surface area (TPSA) is 112 Å². The van der Waals surface area contributed by atoms with Gasteiger partial charge in [-0.15, -0.1) is 0 Å². The number of benzene rings is 2. The number of fused-ring (bicyclic) bond motifs is 3. The number of carbonyl (C=O) groups is 3. The second-order valence-corrected chi connectivity index (χ2v) is 9.30. The standard InChI is InChI=1S/C26H29N5O4S/c1-3-4-15-27-22(32)14-13-21-25(34)31-24(29-21)19-7-5-6-8-20(19)30-26(31)36-16-23(33)28-17-9-11-18(35-2)12-10-17/h5-12,21H,3-4,13-16H2,1-2H3,(H,27,32)(H,28,33)/t21-/m1/s1. The van der Waals surface area contributed by atoms with Crippen molar-refractivity contribution in [3.8, 4) is 5.75 Å². The number of rotatable bonds is 10. The Balaban J connectivity index is 1.43. The Morgan fingerprint density at radius 1 is 1.11 bits per heavy atom. The summed E-state index contributed by atoms with van der Waals surface area (Å²) >= 11 is 1.17. The van der Waals surface area contributed by atoms with Gasteiger partial charge in [-0.3, -0.25) is 19.4 Å². The summed E-state index contributed by atoms with van der Waals surface area (Å²) in [6.45, 7) is 2.70. The van der Waals surface area contributed by atoms with E-state index < -0.39 is 6.04 Å². The minimum Gasteiger partial charge on any atom is -0.497 e. The molecule has 2 aliphatic heterocycles. The van der Waals surface area contributed by atoms with Crippen LogP contribution in [0.25, 0.3) is 0 Å². The number of nitrogens with one attached hydrogen (secondary N) is 2. The van der Waals surface area contributed by atoms with Crippen LogP contribution in [0.1, 0.15) is 38.2 Å². The SMILES string of the molecule is CCCCNC(=O)CC[C@H]1N=C2c3ccccc3N=C(SCC(=O)Nc3ccc(OC)cc3)N2C1=O. The molecule has 3 amide bonds. The van der Waals surface area contributed by atoms with Crippen LogP contribution in [0.3, 0.4) is 0 Å². The van der Waals surface area contributed by atoms with E-state index in [1.165, 1.54) is 16.7 Å². The number of carbonyl (C=O) groups excluding carboxylic acids is 3. The third kappa shape index (κ3) is 5.93. The average molecular weight is 508 g/mol. The van der Waals surface area contributed by atoms with Gasteiger partial charge in [-0.2, -0.15) is 0 Å². The van der Waals surface area contributed by atoms with Gasteiger partial charge in [0.25, 0.3) is 5.91 Å². The molecule has 0 unspecified atom stereocenters. The van der Waals surface area contributed by atoms with Gasteiger partial charge in [0.15, 0.2) is 5.17 Å². The molecular weight excluding hydrogens is 478 g/mol. The third-order valence-corrected chi connectivity index (χ3v) is 6.69. The molecule has 10 heteroatoms. The maximum absolute atomic E-state index is 13.3. The zero-order chi connectivity index (χ0) is 25.5. The highest BCUT2D eigenvalue weighted by atomic mass is 32.2. The summed E-state index contributed by atoms with van der Waals surface area (Å²) in [5, 5.41) is 6.11. The molecule has 0 fully saturated rings. The van der Waals surface area contributed by atoms with E-state index in [4.69, 9.17) is 4.74 Å². The first-order chi connectivity index (χ1) is 17.5. The minimum atomic E-state index is -0.665. The molecule has 0 saturated carbocycles. The minimum absolute atomic E-state index is 0.0641. The van der Waals surface area contributed by atoms with Gasteiger partial charge in [0, 0.05) is 24.2 Å². The van der Waals surface area contributed by atoms with E-state index in [0.717, 1.165) is 18.4 Å². The summed E-state index contributed by atoms with van der Waals surface area (Å²) in [6, 6.07) is 13.8. The number of unbranched alkanes of at least 4 members (excludes halogenated alkanes) is 1. The molecule has 1 atom stereocenters. The molecule has 2 aromatic rings. The first-order valence-electron chi connectivity index (χ1n) is 11.9. The summed E-state index contributed by atoms with van der Waals surface area (Å²) in [4.78, 5) is 48.8. The van der Waals surface area contributed by atoms with Gasteiger partial charge in [0.05, 0.1) is 18.6 Å². The highest BCUT2D eigenvalue weighted by molar-refractivity contribution is 8.14. The van der Waals surface area contributed by atoms with Gasteiger partial charge in [-0.25, -0.2) is 9.89 Å². The number of anilines is 1. The first-order valence-corrected chi connectivity index (χ1v) is 12.9. The van der Waals surface area contributed by atoms with Crippen LogP contribution in [0.15, 0.2) is 58.5 Å². The zero-order valence-electron chi connectivity index (χ0n) is 20.3. The van der Waals surface area contributed by atoms with Crippen molar-refractivity contribution in [3.05, 3.63) is 54.1 Å². The fraction of sp³-hybridized carbons (Fsp3) is 0.346. The van der Waals surface area contributed by atoms with Gasteiger partial charge in [0.2, 0.25) is 11.8 Å². The molecule has 0 aromatic heterocycles. The fourth-order valence-electron chi connectivity index (χ4n) is 3.85. The van der Waals surface area contributed by atoms with E-state index in [-0.39, 0.29) is 29.9 Å². The number of methoxy groups -OCH3 is 1. The Morgan fingerprint density at radius 3 is 2.64 bits per heavy atom. The van der Waals surface area contributed by atoms with Crippen LogP contribution >= 0.6 is 11.8 Å².